The van der Waals surface area contributed by atoms with E-state index in [1.54, 1.807) is 12.3 Å². The average molecular weight is 357 g/mol. The molecule has 0 N–H and O–H groups in total. The zero-order valence-electron chi connectivity index (χ0n) is 15.5. The van der Waals surface area contributed by atoms with Crippen LogP contribution >= 0.6 is 0 Å². The van der Waals surface area contributed by atoms with Crippen LogP contribution in [0.5, 0.6) is 0 Å². The van der Waals surface area contributed by atoms with Crippen LogP contribution in [0.3, 0.4) is 0 Å². The lowest BCUT2D eigenvalue weighted by Gasteiger charge is -2.15. The molecule has 0 spiro atoms. The monoisotopic (exact) mass is 357 g/mol. The Morgan fingerprint density at radius 2 is 1.70 bits per heavy atom. The summed E-state index contributed by atoms with van der Waals surface area (Å²) in [6.07, 6.45) is 4.50. The maximum absolute atomic E-state index is 12.8. The summed E-state index contributed by atoms with van der Waals surface area (Å²) in [5.74, 6) is -0.502. The summed E-state index contributed by atoms with van der Waals surface area (Å²) in [5, 5.41) is 0. The van der Waals surface area contributed by atoms with E-state index in [1.165, 1.54) is 5.56 Å². The van der Waals surface area contributed by atoms with Crippen LogP contribution in [0.2, 0.25) is 0 Å². The van der Waals surface area contributed by atoms with Gasteiger partial charge in [0.1, 0.15) is 5.69 Å². The molecule has 1 atom stereocenters. The maximum Gasteiger partial charge on any atom is 0.299 e. The van der Waals surface area contributed by atoms with Gasteiger partial charge in [0.2, 0.25) is 0 Å². The Bertz CT molecular complexity index is 1040. The number of hydrogen-bond acceptors (Lipinski definition) is 3. The van der Waals surface area contributed by atoms with Crippen molar-refractivity contribution in [1.29, 1.82) is 0 Å². The third-order valence-corrected chi connectivity index (χ3v) is 5.32. The second kappa shape index (κ2) is 6.88. The van der Waals surface area contributed by atoms with Crippen LogP contribution in [0.1, 0.15) is 58.3 Å². The zero-order chi connectivity index (χ0) is 19.0. The molecule has 4 rings (SSSR count). The van der Waals surface area contributed by atoms with Crippen LogP contribution in [0.4, 0.5) is 0 Å². The summed E-state index contributed by atoms with van der Waals surface area (Å²) in [7, 11) is 0. The predicted molar refractivity (Wildman–Crippen MR) is 103 cm³/mol. The largest absolute Gasteiger partial charge is 0.299 e. The Kier molecular flexibility index (Phi) is 4.40. The highest BCUT2D eigenvalue weighted by Crippen LogP contribution is 2.30. The summed E-state index contributed by atoms with van der Waals surface area (Å²) in [4.78, 5) is 29.4. The third kappa shape index (κ3) is 2.97. The summed E-state index contributed by atoms with van der Waals surface area (Å²) >= 11 is 0. The van der Waals surface area contributed by atoms with Gasteiger partial charge in [-0.15, -0.1) is 0 Å². The lowest BCUT2D eigenvalue weighted by Crippen LogP contribution is -2.44. The number of ketones is 2. The minimum Gasteiger partial charge on any atom is -0.283 e. The van der Waals surface area contributed by atoms with Crippen LogP contribution in [0, 0.1) is 0 Å². The molecule has 0 amide bonds. The molecule has 1 aliphatic rings. The molecule has 2 aromatic heterocycles. The van der Waals surface area contributed by atoms with E-state index in [9.17, 15) is 9.59 Å². The Hall–Kier alpha value is -3.14. The molecule has 1 unspecified atom stereocenters. The summed E-state index contributed by atoms with van der Waals surface area (Å²) in [6, 6.07) is 15.9. The molecule has 2 heterocycles. The summed E-state index contributed by atoms with van der Waals surface area (Å²) in [6.45, 7) is 4.94. The molecule has 0 fully saturated rings. The molecule has 3 aromatic rings. The van der Waals surface area contributed by atoms with Gasteiger partial charge in [-0.05, 0) is 30.0 Å². The molecule has 0 saturated carbocycles. The quantitative estimate of drug-likeness (QED) is 0.524. The van der Waals surface area contributed by atoms with E-state index in [1.807, 2.05) is 29.0 Å². The second-order valence-electron chi connectivity index (χ2n) is 7.01. The Labute approximate surface area is 158 Å². The fourth-order valence-electron chi connectivity index (χ4n) is 3.56. The Morgan fingerprint density at radius 3 is 2.44 bits per heavy atom. The fraction of sp³-hybridized carbons (Fsp3) is 0.217. The van der Waals surface area contributed by atoms with E-state index in [2.05, 4.69) is 43.1 Å². The van der Waals surface area contributed by atoms with Gasteiger partial charge in [-0.2, -0.15) is 4.57 Å². The highest BCUT2D eigenvalue weighted by molar-refractivity contribution is 6.51. The highest BCUT2D eigenvalue weighted by Gasteiger charge is 2.38. The summed E-state index contributed by atoms with van der Waals surface area (Å²) < 4.78 is 1.86. The molecular formula is C23H21N2O2+. The van der Waals surface area contributed by atoms with Crippen molar-refractivity contribution in [3.8, 4) is 11.1 Å². The van der Waals surface area contributed by atoms with Crippen molar-refractivity contribution in [2.45, 2.75) is 32.7 Å². The van der Waals surface area contributed by atoms with Crippen molar-refractivity contribution in [3.05, 3.63) is 83.4 Å². The molecule has 134 valence electrons. The smallest absolute Gasteiger partial charge is 0.283 e. The number of aromatic nitrogens is 2. The molecule has 0 bridgehead atoms. The van der Waals surface area contributed by atoms with Gasteiger partial charge in [0.15, 0.2) is 12.7 Å². The predicted octanol–water partition coefficient (Wildman–Crippen LogP) is 3.98. The molecular weight excluding hydrogens is 336 g/mol. The molecule has 1 aromatic carbocycles. The topological polar surface area (TPSA) is 50.9 Å². The van der Waals surface area contributed by atoms with E-state index in [-0.39, 0.29) is 5.69 Å². The number of nitrogens with zero attached hydrogens (tertiary/aromatic N) is 2. The van der Waals surface area contributed by atoms with Gasteiger partial charge in [0.25, 0.3) is 17.3 Å². The normalized spacial score (nSPS) is 13.9. The number of hydrogen-bond donors (Lipinski definition) is 0. The van der Waals surface area contributed by atoms with Crippen LogP contribution in [0.25, 0.3) is 11.1 Å². The highest BCUT2D eigenvalue weighted by atomic mass is 16.2. The van der Waals surface area contributed by atoms with Crippen LogP contribution in [0.15, 0.2) is 60.9 Å². The van der Waals surface area contributed by atoms with Gasteiger partial charge in [-0.1, -0.05) is 44.2 Å². The lowest BCUT2D eigenvalue weighted by atomic mass is 9.90. The van der Waals surface area contributed by atoms with Gasteiger partial charge in [0, 0.05) is 23.4 Å². The van der Waals surface area contributed by atoms with Crippen molar-refractivity contribution >= 4 is 11.6 Å². The van der Waals surface area contributed by atoms with Gasteiger partial charge >= 0.3 is 0 Å². The first-order chi connectivity index (χ1) is 13.1. The van der Waals surface area contributed by atoms with Crippen molar-refractivity contribution in [1.82, 2.24) is 4.98 Å². The molecule has 27 heavy (non-hydrogen) atoms. The van der Waals surface area contributed by atoms with Crippen LogP contribution in [-0.4, -0.2) is 16.6 Å². The van der Waals surface area contributed by atoms with Crippen LogP contribution < -0.4 is 4.57 Å². The number of pyridine rings is 2. The number of fused-ring (bicyclic) bond motifs is 3. The number of benzene rings is 1. The minimum absolute atomic E-state index is 0.241. The van der Waals surface area contributed by atoms with E-state index >= 15 is 0 Å². The number of carbonyl (C=O) groups is 2. The third-order valence-electron chi connectivity index (χ3n) is 5.32. The standard InChI is InChI=1S/C23H21N2O2/c1-3-15(2)17-10-8-16(9-11-17)14-25-13-5-7-19-18-6-4-12-24-20(18)22(26)23(27)21(19)25/h4-13,15H,3,14H2,1-2H3/q+1. The fourth-order valence-corrected chi connectivity index (χ4v) is 3.56. The van der Waals surface area contributed by atoms with Crippen molar-refractivity contribution in [2.75, 3.05) is 0 Å². The second-order valence-corrected chi connectivity index (χ2v) is 7.01. The van der Waals surface area contributed by atoms with Gasteiger partial charge in [-0.3, -0.25) is 14.6 Å². The first-order valence-corrected chi connectivity index (χ1v) is 9.26. The van der Waals surface area contributed by atoms with Gasteiger partial charge < -0.3 is 0 Å². The minimum atomic E-state index is -0.537. The van der Waals surface area contributed by atoms with Crippen molar-refractivity contribution in [2.24, 2.45) is 0 Å². The van der Waals surface area contributed by atoms with E-state index < -0.39 is 11.6 Å². The van der Waals surface area contributed by atoms with Gasteiger partial charge in [-0.25, -0.2) is 0 Å². The summed E-state index contributed by atoms with van der Waals surface area (Å²) in [5.41, 5.74) is 4.57. The zero-order valence-corrected chi connectivity index (χ0v) is 15.5. The molecule has 0 saturated heterocycles. The SMILES string of the molecule is CCC(C)c1ccc(C[n+]2cccc3c2C(=O)C(=O)c2ncccc2-3)cc1. The van der Waals surface area contributed by atoms with Crippen molar-refractivity contribution < 1.29 is 14.2 Å². The number of carbonyl (C=O) groups excluding carboxylic acids is 2. The van der Waals surface area contributed by atoms with E-state index in [0.717, 1.165) is 23.1 Å². The Balaban J connectivity index is 1.75. The molecule has 4 nitrogen and oxygen atoms in total. The van der Waals surface area contributed by atoms with Gasteiger partial charge in [0.05, 0.1) is 5.56 Å². The lowest BCUT2D eigenvalue weighted by molar-refractivity contribution is -0.689. The molecule has 0 aliphatic heterocycles. The first kappa shape index (κ1) is 17.3. The number of rotatable bonds is 4. The van der Waals surface area contributed by atoms with Crippen LogP contribution in [-0.2, 0) is 6.54 Å². The van der Waals surface area contributed by atoms with E-state index in [0.29, 0.717) is 18.2 Å². The maximum atomic E-state index is 12.8. The molecule has 1 aliphatic carbocycles. The van der Waals surface area contributed by atoms with Crippen molar-refractivity contribution in [3.63, 3.8) is 0 Å². The number of Topliss-reactive ketones (excluding diaryl/α,β-unsaturated/α-hetero) is 2. The average Bonchev–Trinajstić information content (AvgIpc) is 2.72. The van der Waals surface area contributed by atoms with E-state index in [4.69, 9.17) is 0 Å². The first-order valence-electron chi connectivity index (χ1n) is 9.26. The molecule has 4 heteroatoms. The molecule has 0 radical (unpaired) electrons. The Morgan fingerprint density at radius 1 is 0.963 bits per heavy atom.